The van der Waals surface area contributed by atoms with Crippen LogP contribution in [-0.4, -0.2) is 22.5 Å². The van der Waals surface area contributed by atoms with E-state index in [1.165, 1.54) is 6.07 Å². The average molecular weight is 252 g/mol. The molecular formula is C12H16N2O4. The fourth-order valence-corrected chi connectivity index (χ4v) is 1.57. The number of carboxylic acids is 1. The highest BCUT2D eigenvalue weighted by atomic mass is 16.6. The summed E-state index contributed by atoms with van der Waals surface area (Å²) in [6.07, 6.45) is 0. The molecule has 1 unspecified atom stereocenters. The summed E-state index contributed by atoms with van der Waals surface area (Å²) in [6.45, 7) is 4.05. The molecule has 0 spiro atoms. The van der Waals surface area contributed by atoms with Crippen molar-refractivity contribution in [2.75, 3.05) is 6.54 Å². The molecule has 1 atom stereocenters. The van der Waals surface area contributed by atoms with E-state index in [9.17, 15) is 14.9 Å². The third-order valence-electron chi connectivity index (χ3n) is 2.80. The first-order valence-electron chi connectivity index (χ1n) is 5.60. The predicted molar refractivity (Wildman–Crippen MR) is 66.3 cm³/mol. The first-order valence-corrected chi connectivity index (χ1v) is 5.60. The van der Waals surface area contributed by atoms with Crippen molar-refractivity contribution >= 4 is 11.7 Å². The molecule has 18 heavy (non-hydrogen) atoms. The molecule has 0 radical (unpaired) electrons. The number of aliphatic carboxylic acids is 1. The molecule has 6 heteroatoms. The maximum absolute atomic E-state index is 10.8. The number of carbonyl (C=O) groups is 1. The standard InChI is InChI=1S/C12H16N2O4/c1-8(12(15)16)6-13-7-10-4-3-5-11(9(10)2)14(17)18/h3-5,8,13H,6-7H2,1-2H3,(H,15,16). The maximum Gasteiger partial charge on any atom is 0.307 e. The van der Waals surface area contributed by atoms with Crippen LogP contribution in [0.25, 0.3) is 0 Å². The Balaban J connectivity index is 2.66. The number of nitrogens with one attached hydrogen (secondary N) is 1. The van der Waals surface area contributed by atoms with E-state index in [1.807, 2.05) is 0 Å². The molecule has 1 aromatic carbocycles. The zero-order valence-electron chi connectivity index (χ0n) is 10.3. The number of hydrogen-bond donors (Lipinski definition) is 2. The van der Waals surface area contributed by atoms with Gasteiger partial charge in [-0.15, -0.1) is 0 Å². The number of rotatable bonds is 6. The van der Waals surface area contributed by atoms with Crippen LogP contribution in [0.15, 0.2) is 18.2 Å². The number of hydrogen-bond acceptors (Lipinski definition) is 4. The summed E-state index contributed by atoms with van der Waals surface area (Å²) in [4.78, 5) is 21.0. The number of carboxylic acid groups (broad SMARTS) is 1. The fourth-order valence-electron chi connectivity index (χ4n) is 1.57. The summed E-state index contributed by atoms with van der Waals surface area (Å²) < 4.78 is 0. The van der Waals surface area contributed by atoms with Gasteiger partial charge in [-0.25, -0.2) is 0 Å². The summed E-state index contributed by atoms with van der Waals surface area (Å²) in [5.41, 5.74) is 1.50. The van der Waals surface area contributed by atoms with Gasteiger partial charge in [-0.3, -0.25) is 14.9 Å². The molecule has 1 rings (SSSR count). The lowest BCUT2D eigenvalue weighted by Gasteiger charge is -2.10. The summed E-state index contributed by atoms with van der Waals surface area (Å²) in [5.74, 6) is -1.35. The van der Waals surface area contributed by atoms with E-state index in [1.54, 1.807) is 26.0 Å². The van der Waals surface area contributed by atoms with Crippen molar-refractivity contribution in [3.63, 3.8) is 0 Å². The number of nitro groups is 1. The van der Waals surface area contributed by atoms with Gasteiger partial charge in [0, 0.05) is 24.7 Å². The minimum Gasteiger partial charge on any atom is -0.481 e. The Morgan fingerprint density at radius 3 is 2.78 bits per heavy atom. The first kappa shape index (κ1) is 14.1. The summed E-state index contributed by atoms with van der Waals surface area (Å²) in [5, 5.41) is 22.5. The highest BCUT2D eigenvalue weighted by Crippen LogP contribution is 2.20. The maximum atomic E-state index is 10.8. The van der Waals surface area contributed by atoms with Gasteiger partial charge >= 0.3 is 5.97 Å². The van der Waals surface area contributed by atoms with Gasteiger partial charge in [-0.1, -0.05) is 19.1 Å². The lowest BCUT2D eigenvalue weighted by atomic mass is 10.1. The molecular weight excluding hydrogens is 236 g/mol. The third kappa shape index (κ3) is 3.53. The van der Waals surface area contributed by atoms with Crippen LogP contribution in [0.1, 0.15) is 18.1 Å². The Labute approximate surface area is 105 Å². The lowest BCUT2D eigenvalue weighted by molar-refractivity contribution is -0.385. The van der Waals surface area contributed by atoms with Crippen LogP contribution in [0.4, 0.5) is 5.69 Å². The predicted octanol–water partition coefficient (Wildman–Crippen LogP) is 1.71. The minimum atomic E-state index is -0.863. The van der Waals surface area contributed by atoms with Gasteiger partial charge in [-0.05, 0) is 12.5 Å². The van der Waals surface area contributed by atoms with Crippen molar-refractivity contribution in [2.24, 2.45) is 5.92 Å². The van der Waals surface area contributed by atoms with Crippen LogP contribution < -0.4 is 5.32 Å². The van der Waals surface area contributed by atoms with E-state index >= 15 is 0 Å². The molecule has 98 valence electrons. The summed E-state index contributed by atoms with van der Waals surface area (Å²) >= 11 is 0. The lowest BCUT2D eigenvalue weighted by Crippen LogP contribution is -2.26. The number of nitro benzene ring substituents is 1. The molecule has 0 heterocycles. The quantitative estimate of drug-likeness (QED) is 0.594. The van der Waals surface area contributed by atoms with E-state index < -0.39 is 16.8 Å². The molecule has 6 nitrogen and oxygen atoms in total. The Morgan fingerprint density at radius 1 is 1.56 bits per heavy atom. The van der Waals surface area contributed by atoms with E-state index in [-0.39, 0.29) is 5.69 Å². The Morgan fingerprint density at radius 2 is 2.22 bits per heavy atom. The molecule has 0 saturated heterocycles. The van der Waals surface area contributed by atoms with Crippen LogP contribution >= 0.6 is 0 Å². The van der Waals surface area contributed by atoms with Crippen LogP contribution in [0.3, 0.4) is 0 Å². The highest BCUT2D eigenvalue weighted by molar-refractivity contribution is 5.69. The van der Waals surface area contributed by atoms with Crippen molar-refractivity contribution < 1.29 is 14.8 Å². The number of benzene rings is 1. The van der Waals surface area contributed by atoms with Gasteiger partial charge in [-0.2, -0.15) is 0 Å². The van der Waals surface area contributed by atoms with Gasteiger partial charge in [0.25, 0.3) is 5.69 Å². The molecule has 0 aliphatic rings. The minimum absolute atomic E-state index is 0.0839. The normalized spacial score (nSPS) is 12.1. The molecule has 0 saturated carbocycles. The zero-order valence-corrected chi connectivity index (χ0v) is 10.3. The van der Waals surface area contributed by atoms with Crippen molar-refractivity contribution in [3.8, 4) is 0 Å². The van der Waals surface area contributed by atoms with E-state index in [2.05, 4.69) is 5.32 Å². The summed E-state index contributed by atoms with van der Waals surface area (Å²) in [7, 11) is 0. The second kappa shape index (κ2) is 6.11. The van der Waals surface area contributed by atoms with Crippen molar-refractivity contribution in [2.45, 2.75) is 20.4 Å². The molecule has 1 aromatic rings. The first-order chi connectivity index (χ1) is 8.43. The average Bonchev–Trinajstić information content (AvgIpc) is 2.30. The van der Waals surface area contributed by atoms with Crippen LogP contribution in [0.2, 0.25) is 0 Å². The fraction of sp³-hybridized carbons (Fsp3) is 0.417. The number of nitrogens with zero attached hydrogens (tertiary/aromatic N) is 1. The van der Waals surface area contributed by atoms with Crippen molar-refractivity contribution in [1.29, 1.82) is 0 Å². The second-order valence-electron chi connectivity index (χ2n) is 4.19. The highest BCUT2D eigenvalue weighted by Gasteiger charge is 2.14. The zero-order chi connectivity index (χ0) is 13.7. The van der Waals surface area contributed by atoms with Gasteiger partial charge in [0.2, 0.25) is 0 Å². The molecule has 0 aliphatic carbocycles. The molecule has 2 N–H and O–H groups in total. The molecule has 0 fully saturated rings. The third-order valence-corrected chi connectivity index (χ3v) is 2.80. The largest absolute Gasteiger partial charge is 0.481 e. The van der Waals surface area contributed by atoms with E-state index in [0.717, 1.165) is 5.56 Å². The van der Waals surface area contributed by atoms with Crippen molar-refractivity contribution in [3.05, 3.63) is 39.4 Å². The van der Waals surface area contributed by atoms with E-state index in [0.29, 0.717) is 18.7 Å². The van der Waals surface area contributed by atoms with Gasteiger partial charge < -0.3 is 10.4 Å². The smallest absolute Gasteiger partial charge is 0.307 e. The molecule has 0 bridgehead atoms. The Hall–Kier alpha value is -1.95. The van der Waals surface area contributed by atoms with E-state index in [4.69, 9.17) is 5.11 Å². The van der Waals surface area contributed by atoms with Gasteiger partial charge in [0.15, 0.2) is 0 Å². The topological polar surface area (TPSA) is 92.5 Å². The van der Waals surface area contributed by atoms with Gasteiger partial charge in [0.1, 0.15) is 0 Å². The summed E-state index contributed by atoms with van der Waals surface area (Å²) in [6, 6.07) is 4.88. The Kier molecular flexibility index (Phi) is 4.79. The Bertz CT molecular complexity index is 459. The van der Waals surface area contributed by atoms with Crippen LogP contribution in [0.5, 0.6) is 0 Å². The van der Waals surface area contributed by atoms with Crippen LogP contribution in [0, 0.1) is 23.0 Å². The van der Waals surface area contributed by atoms with Crippen molar-refractivity contribution in [1.82, 2.24) is 5.32 Å². The molecule has 0 amide bonds. The van der Waals surface area contributed by atoms with Gasteiger partial charge in [0.05, 0.1) is 10.8 Å². The van der Waals surface area contributed by atoms with Crippen LogP contribution in [-0.2, 0) is 11.3 Å². The molecule has 0 aliphatic heterocycles. The monoisotopic (exact) mass is 252 g/mol. The second-order valence-corrected chi connectivity index (χ2v) is 4.19. The SMILES string of the molecule is Cc1c(CNCC(C)C(=O)O)cccc1[N+](=O)[O-]. The molecule has 0 aromatic heterocycles.